The third-order valence-electron chi connectivity index (χ3n) is 2.09. The fourth-order valence-electron chi connectivity index (χ4n) is 1.19. The van der Waals surface area contributed by atoms with Gasteiger partial charge in [-0.05, 0) is 33.7 Å². The van der Waals surface area contributed by atoms with Gasteiger partial charge in [-0.2, -0.15) is 0 Å². The van der Waals surface area contributed by atoms with E-state index in [0.717, 1.165) is 23.0 Å². The van der Waals surface area contributed by atoms with Gasteiger partial charge in [-0.1, -0.05) is 18.3 Å². The van der Waals surface area contributed by atoms with Crippen LogP contribution in [0, 0.1) is 0 Å². The van der Waals surface area contributed by atoms with Crippen LogP contribution in [-0.2, 0) is 11.3 Å². The predicted molar refractivity (Wildman–Crippen MR) is 66.5 cm³/mol. The highest BCUT2D eigenvalue weighted by molar-refractivity contribution is 7.11. The largest absolute Gasteiger partial charge is 0.372 e. The van der Waals surface area contributed by atoms with Gasteiger partial charge in [0, 0.05) is 0 Å². The zero-order valence-electron chi connectivity index (χ0n) is 10.5. The van der Waals surface area contributed by atoms with Gasteiger partial charge in [-0.3, -0.25) is 0 Å². The van der Waals surface area contributed by atoms with E-state index in [0.29, 0.717) is 6.61 Å². The van der Waals surface area contributed by atoms with E-state index in [1.807, 2.05) is 13.8 Å². The second kappa shape index (κ2) is 6.93. The summed E-state index contributed by atoms with van der Waals surface area (Å²) in [4.78, 5) is 0. The van der Waals surface area contributed by atoms with E-state index in [1.54, 1.807) is 11.3 Å². The first-order chi connectivity index (χ1) is 7.63. The van der Waals surface area contributed by atoms with Crippen LogP contribution in [0.4, 0.5) is 0 Å². The van der Waals surface area contributed by atoms with Crippen molar-refractivity contribution in [1.29, 1.82) is 0 Å². The summed E-state index contributed by atoms with van der Waals surface area (Å²) in [5, 5.41) is 13.7. The van der Waals surface area contributed by atoms with Gasteiger partial charge in [0.05, 0.1) is 12.1 Å². The number of ether oxygens (including phenoxy) is 1. The molecule has 92 valence electrons. The van der Waals surface area contributed by atoms with Gasteiger partial charge in [-0.25, -0.2) is 0 Å². The lowest BCUT2D eigenvalue weighted by atomic mass is 10.3. The summed E-state index contributed by atoms with van der Waals surface area (Å²) in [5.41, 5.74) is 0. The lowest BCUT2D eigenvalue weighted by Crippen LogP contribution is -2.19. The molecule has 0 spiro atoms. The number of nitrogens with one attached hydrogen (secondary N) is 1. The first-order valence-electron chi connectivity index (χ1n) is 5.80. The van der Waals surface area contributed by atoms with Crippen LogP contribution in [0.5, 0.6) is 0 Å². The van der Waals surface area contributed by atoms with E-state index in [2.05, 4.69) is 29.4 Å². The first kappa shape index (κ1) is 13.5. The Morgan fingerprint density at radius 3 is 2.69 bits per heavy atom. The topological polar surface area (TPSA) is 47.0 Å². The van der Waals surface area contributed by atoms with Gasteiger partial charge in [0.25, 0.3) is 0 Å². The number of nitrogens with zero attached hydrogens (tertiary/aromatic N) is 2. The van der Waals surface area contributed by atoms with E-state index in [1.165, 1.54) is 0 Å². The molecule has 1 N–H and O–H groups in total. The molecule has 1 rings (SSSR count). The predicted octanol–water partition coefficient (Wildman–Crippen LogP) is 2.52. The third-order valence-corrected chi connectivity index (χ3v) is 3.17. The smallest absolute Gasteiger partial charge is 0.143 e. The van der Waals surface area contributed by atoms with Gasteiger partial charge >= 0.3 is 0 Å². The molecule has 1 heterocycles. The summed E-state index contributed by atoms with van der Waals surface area (Å²) in [6.07, 6.45) is 1.37. The second-order valence-corrected chi connectivity index (χ2v) is 5.16. The molecule has 1 unspecified atom stereocenters. The van der Waals surface area contributed by atoms with Gasteiger partial charge in [0.15, 0.2) is 0 Å². The molecule has 0 saturated heterocycles. The van der Waals surface area contributed by atoms with Crippen LogP contribution in [0.15, 0.2) is 0 Å². The molecule has 16 heavy (non-hydrogen) atoms. The van der Waals surface area contributed by atoms with Crippen molar-refractivity contribution in [3.05, 3.63) is 10.0 Å². The molecule has 0 amide bonds. The molecule has 0 aliphatic carbocycles. The second-order valence-electron chi connectivity index (χ2n) is 4.07. The van der Waals surface area contributed by atoms with Crippen molar-refractivity contribution in [2.45, 2.75) is 52.9 Å². The van der Waals surface area contributed by atoms with E-state index in [9.17, 15) is 0 Å². The highest BCUT2D eigenvalue weighted by Gasteiger charge is 2.11. The number of aromatic nitrogens is 2. The van der Waals surface area contributed by atoms with Gasteiger partial charge in [0.1, 0.15) is 16.6 Å². The summed E-state index contributed by atoms with van der Waals surface area (Å²) in [6, 6.07) is 0.283. The molecule has 1 aromatic heterocycles. The minimum absolute atomic E-state index is 0.239. The molecular formula is C11H21N3OS. The maximum absolute atomic E-state index is 5.49. The van der Waals surface area contributed by atoms with Crippen molar-refractivity contribution in [1.82, 2.24) is 15.5 Å². The molecule has 5 heteroatoms. The Labute approximate surface area is 101 Å². The Balaban J connectivity index is 2.43. The fourth-order valence-corrected chi connectivity index (χ4v) is 1.98. The Morgan fingerprint density at radius 1 is 1.31 bits per heavy atom. The van der Waals surface area contributed by atoms with Crippen molar-refractivity contribution in [2.24, 2.45) is 0 Å². The van der Waals surface area contributed by atoms with Crippen LogP contribution in [0.1, 0.15) is 50.2 Å². The molecular weight excluding hydrogens is 222 g/mol. The van der Waals surface area contributed by atoms with Crippen molar-refractivity contribution in [3.8, 4) is 0 Å². The normalized spacial score (nSPS) is 13.3. The van der Waals surface area contributed by atoms with Crippen molar-refractivity contribution < 1.29 is 4.74 Å². The number of hydrogen-bond acceptors (Lipinski definition) is 5. The summed E-state index contributed by atoms with van der Waals surface area (Å²) in [5.74, 6) is 0. The molecule has 0 aromatic carbocycles. The monoisotopic (exact) mass is 243 g/mol. The lowest BCUT2D eigenvalue weighted by molar-refractivity contribution is 0.0652. The zero-order chi connectivity index (χ0) is 12.0. The molecule has 0 bridgehead atoms. The van der Waals surface area contributed by atoms with E-state index in [-0.39, 0.29) is 12.1 Å². The summed E-state index contributed by atoms with van der Waals surface area (Å²) >= 11 is 1.62. The highest BCUT2D eigenvalue weighted by Crippen LogP contribution is 2.18. The zero-order valence-corrected chi connectivity index (χ0v) is 11.3. The maximum Gasteiger partial charge on any atom is 0.143 e. The van der Waals surface area contributed by atoms with Crippen molar-refractivity contribution in [3.63, 3.8) is 0 Å². The molecule has 1 atom stereocenters. The number of hydrogen-bond donors (Lipinski definition) is 1. The summed E-state index contributed by atoms with van der Waals surface area (Å²) < 4.78 is 5.49. The van der Waals surface area contributed by atoms with Crippen LogP contribution >= 0.6 is 11.3 Å². The average Bonchev–Trinajstić information content (AvgIpc) is 2.71. The van der Waals surface area contributed by atoms with Crippen LogP contribution in [0.25, 0.3) is 0 Å². The lowest BCUT2D eigenvalue weighted by Gasteiger charge is -2.08. The average molecular weight is 243 g/mol. The van der Waals surface area contributed by atoms with Crippen LogP contribution in [0.3, 0.4) is 0 Å². The molecule has 0 saturated carbocycles. The minimum Gasteiger partial charge on any atom is -0.372 e. The Morgan fingerprint density at radius 2 is 2.06 bits per heavy atom. The Hall–Kier alpha value is -0.520. The fraction of sp³-hybridized carbons (Fsp3) is 0.818. The van der Waals surface area contributed by atoms with Crippen LogP contribution < -0.4 is 5.32 Å². The molecule has 0 aliphatic heterocycles. The Bertz CT molecular complexity index is 301. The number of rotatable bonds is 7. The van der Waals surface area contributed by atoms with Gasteiger partial charge in [-0.15, -0.1) is 10.2 Å². The SMILES string of the molecule is CCCNC(C)c1nnc(COC(C)C)s1. The minimum atomic E-state index is 0.239. The summed E-state index contributed by atoms with van der Waals surface area (Å²) in [6.45, 7) is 9.89. The maximum atomic E-state index is 5.49. The van der Waals surface area contributed by atoms with Crippen molar-refractivity contribution in [2.75, 3.05) is 6.54 Å². The van der Waals surface area contributed by atoms with Gasteiger partial charge in [0.2, 0.25) is 0 Å². The van der Waals surface area contributed by atoms with E-state index < -0.39 is 0 Å². The highest BCUT2D eigenvalue weighted by atomic mass is 32.1. The van der Waals surface area contributed by atoms with E-state index in [4.69, 9.17) is 4.74 Å². The van der Waals surface area contributed by atoms with Crippen molar-refractivity contribution >= 4 is 11.3 Å². The Kier molecular flexibility index (Phi) is 5.87. The van der Waals surface area contributed by atoms with E-state index >= 15 is 0 Å². The molecule has 4 nitrogen and oxygen atoms in total. The standard InChI is InChI=1S/C11H21N3OS/c1-5-6-12-9(4)11-14-13-10(16-11)7-15-8(2)3/h8-9,12H,5-7H2,1-4H3. The van der Waals surface area contributed by atoms with Gasteiger partial charge < -0.3 is 10.1 Å². The van der Waals surface area contributed by atoms with Crippen LogP contribution in [-0.4, -0.2) is 22.8 Å². The third kappa shape index (κ3) is 4.55. The molecule has 0 fully saturated rings. The first-order valence-corrected chi connectivity index (χ1v) is 6.62. The molecule has 0 radical (unpaired) electrons. The quantitative estimate of drug-likeness (QED) is 0.799. The molecule has 1 aromatic rings. The summed E-state index contributed by atoms with van der Waals surface area (Å²) in [7, 11) is 0. The van der Waals surface area contributed by atoms with Crippen LogP contribution in [0.2, 0.25) is 0 Å². The molecule has 0 aliphatic rings.